The van der Waals surface area contributed by atoms with Crippen molar-refractivity contribution in [3.8, 4) is 11.4 Å². The van der Waals surface area contributed by atoms with E-state index in [-0.39, 0.29) is 11.5 Å². The summed E-state index contributed by atoms with van der Waals surface area (Å²) in [4.78, 5) is 16.8. The first-order chi connectivity index (χ1) is 14.4. The Labute approximate surface area is 192 Å². The lowest BCUT2D eigenvalue weighted by atomic mass is 10.2. The van der Waals surface area contributed by atoms with Gasteiger partial charge in [0.15, 0.2) is 11.5 Å². The second-order valence-corrected chi connectivity index (χ2v) is 10.6. The summed E-state index contributed by atoms with van der Waals surface area (Å²) in [5.41, 5.74) is 2.05. The third kappa shape index (κ3) is 5.64. The van der Waals surface area contributed by atoms with Gasteiger partial charge in [-0.2, -0.15) is 0 Å². The van der Waals surface area contributed by atoms with Crippen LogP contribution < -0.4 is 10.0 Å². The number of aryl methyl sites for hydroxylation is 2. The van der Waals surface area contributed by atoms with Crippen LogP contribution in [0.5, 0.6) is 0 Å². The molecule has 0 fully saturated rings. The van der Waals surface area contributed by atoms with Crippen LogP contribution in [0.4, 0.5) is 16.3 Å². The number of hydrogen-bond donors (Lipinski definition) is 2. The Hall–Kier alpha value is -2.41. The van der Waals surface area contributed by atoms with Gasteiger partial charge in [0, 0.05) is 12.6 Å². The Morgan fingerprint density at radius 3 is 2.61 bits per heavy atom. The number of rotatable bonds is 6. The lowest BCUT2D eigenvalue weighted by Gasteiger charge is -2.14. The molecule has 3 aromatic heterocycles. The van der Waals surface area contributed by atoms with Crippen LogP contribution in [0, 0.1) is 6.92 Å². The standard InChI is InChI=1S/C17H18Cl2N6O4S2/c1-8-11(23-31(4,27)28)5-6-12(20-8)14-16(25(3)24-22-14)21-17(26)29-9(2)10-7-13(18)30-15(10)19/h5-7,9,23H,1-4H3,(H,21,26)/t9-/m1/s1. The predicted molar refractivity (Wildman–Crippen MR) is 120 cm³/mol. The molecule has 0 spiro atoms. The molecule has 1 atom stereocenters. The second-order valence-electron chi connectivity index (χ2n) is 6.57. The van der Waals surface area contributed by atoms with Crippen LogP contribution in [-0.2, 0) is 21.8 Å². The number of sulfonamides is 1. The van der Waals surface area contributed by atoms with Crippen molar-refractivity contribution < 1.29 is 17.9 Å². The molecule has 0 aliphatic carbocycles. The van der Waals surface area contributed by atoms with Crippen molar-refractivity contribution in [3.63, 3.8) is 0 Å². The first-order valence-electron chi connectivity index (χ1n) is 8.72. The highest BCUT2D eigenvalue weighted by Gasteiger charge is 2.21. The highest BCUT2D eigenvalue weighted by molar-refractivity contribution is 7.92. The van der Waals surface area contributed by atoms with Crippen LogP contribution in [0.2, 0.25) is 8.67 Å². The molecular formula is C17H18Cl2N6O4S2. The summed E-state index contributed by atoms with van der Waals surface area (Å²) in [6.45, 7) is 3.32. The van der Waals surface area contributed by atoms with Gasteiger partial charge in [-0.1, -0.05) is 28.4 Å². The van der Waals surface area contributed by atoms with Gasteiger partial charge in [0.25, 0.3) is 0 Å². The number of thiophene rings is 1. The molecular weight excluding hydrogens is 487 g/mol. The molecule has 3 heterocycles. The maximum absolute atomic E-state index is 12.5. The molecule has 1 amide bonds. The third-order valence-electron chi connectivity index (χ3n) is 4.08. The monoisotopic (exact) mass is 504 g/mol. The van der Waals surface area contributed by atoms with Crippen LogP contribution in [0.1, 0.15) is 24.3 Å². The van der Waals surface area contributed by atoms with E-state index in [9.17, 15) is 13.2 Å². The van der Waals surface area contributed by atoms with Crippen molar-refractivity contribution in [3.05, 3.63) is 38.1 Å². The molecule has 3 aromatic rings. The highest BCUT2D eigenvalue weighted by Crippen LogP contribution is 2.36. The van der Waals surface area contributed by atoms with Gasteiger partial charge in [0.2, 0.25) is 10.0 Å². The number of halogens is 2. The van der Waals surface area contributed by atoms with E-state index in [0.29, 0.717) is 31.3 Å². The largest absolute Gasteiger partial charge is 0.441 e. The molecule has 31 heavy (non-hydrogen) atoms. The minimum Gasteiger partial charge on any atom is -0.441 e. The summed E-state index contributed by atoms with van der Waals surface area (Å²) in [6, 6.07) is 4.76. The van der Waals surface area contributed by atoms with E-state index >= 15 is 0 Å². The van der Waals surface area contributed by atoms with E-state index in [2.05, 4.69) is 25.3 Å². The summed E-state index contributed by atoms with van der Waals surface area (Å²) < 4.78 is 33.0. The van der Waals surface area contributed by atoms with Crippen molar-refractivity contribution in [2.24, 2.45) is 7.05 Å². The van der Waals surface area contributed by atoms with E-state index in [1.54, 1.807) is 39.1 Å². The van der Waals surface area contributed by atoms with Crippen molar-refractivity contribution in [2.45, 2.75) is 20.0 Å². The fraction of sp³-hybridized carbons (Fsp3) is 0.294. The van der Waals surface area contributed by atoms with Crippen molar-refractivity contribution in [2.75, 3.05) is 16.3 Å². The normalized spacial score (nSPS) is 12.5. The summed E-state index contributed by atoms with van der Waals surface area (Å²) in [5.74, 6) is 0.252. The van der Waals surface area contributed by atoms with Gasteiger partial charge in [-0.05, 0) is 32.0 Å². The Kier molecular flexibility index (Phi) is 6.74. The van der Waals surface area contributed by atoms with E-state index in [0.717, 1.165) is 6.26 Å². The molecule has 0 aliphatic heterocycles. The molecule has 3 rings (SSSR count). The Balaban J connectivity index is 1.80. The minimum atomic E-state index is -3.45. The van der Waals surface area contributed by atoms with Crippen LogP contribution in [0.25, 0.3) is 11.4 Å². The average molecular weight is 505 g/mol. The molecule has 0 radical (unpaired) electrons. The number of carbonyl (C=O) groups is 1. The van der Waals surface area contributed by atoms with Crippen molar-refractivity contribution in [1.29, 1.82) is 0 Å². The molecule has 0 saturated heterocycles. The Morgan fingerprint density at radius 1 is 1.32 bits per heavy atom. The van der Waals surface area contributed by atoms with Crippen LogP contribution in [-0.4, -0.2) is 40.7 Å². The smallest absolute Gasteiger partial charge is 0.413 e. The maximum Gasteiger partial charge on any atom is 0.413 e. The molecule has 14 heteroatoms. The van der Waals surface area contributed by atoms with E-state index < -0.39 is 22.2 Å². The number of hydrogen-bond acceptors (Lipinski definition) is 8. The summed E-state index contributed by atoms with van der Waals surface area (Å²) in [7, 11) is -1.85. The Morgan fingerprint density at radius 2 is 2.03 bits per heavy atom. The number of anilines is 2. The number of amides is 1. The van der Waals surface area contributed by atoms with Gasteiger partial charge in [-0.25, -0.2) is 22.9 Å². The molecule has 0 unspecified atom stereocenters. The van der Waals surface area contributed by atoms with Crippen LogP contribution in [0.15, 0.2) is 18.2 Å². The molecule has 10 nitrogen and oxygen atoms in total. The van der Waals surface area contributed by atoms with Crippen molar-refractivity contribution >= 4 is 62.2 Å². The minimum absolute atomic E-state index is 0.252. The number of pyridine rings is 1. The number of ether oxygens (including phenoxy) is 1. The zero-order valence-electron chi connectivity index (χ0n) is 16.8. The molecule has 166 valence electrons. The molecule has 0 bridgehead atoms. The zero-order chi connectivity index (χ0) is 22.9. The van der Waals surface area contributed by atoms with E-state index in [1.165, 1.54) is 16.0 Å². The first kappa shape index (κ1) is 23.3. The maximum atomic E-state index is 12.5. The second kappa shape index (κ2) is 8.99. The number of nitrogens with one attached hydrogen (secondary N) is 2. The van der Waals surface area contributed by atoms with Gasteiger partial charge in [0.05, 0.1) is 27.7 Å². The molecule has 0 saturated carbocycles. The SMILES string of the molecule is Cc1nc(-c2nnn(C)c2NC(=O)O[C@H](C)c2cc(Cl)sc2Cl)ccc1NS(C)(=O)=O. The molecule has 0 aliphatic rings. The quantitative estimate of drug-likeness (QED) is 0.513. The fourth-order valence-electron chi connectivity index (χ4n) is 2.65. The van der Waals surface area contributed by atoms with Crippen LogP contribution >= 0.6 is 34.5 Å². The summed E-state index contributed by atoms with van der Waals surface area (Å²) in [5, 5.41) is 10.6. The number of aromatic nitrogens is 4. The lowest BCUT2D eigenvalue weighted by molar-refractivity contribution is 0.121. The lowest BCUT2D eigenvalue weighted by Crippen LogP contribution is -2.18. The topological polar surface area (TPSA) is 128 Å². The van der Waals surface area contributed by atoms with E-state index in [4.69, 9.17) is 27.9 Å². The zero-order valence-corrected chi connectivity index (χ0v) is 19.9. The third-order valence-corrected chi connectivity index (χ3v) is 6.18. The summed E-state index contributed by atoms with van der Waals surface area (Å²) >= 11 is 13.2. The highest BCUT2D eigenvalue weighted by atomic mass is 35.5. The first-order valence-corrected chi connectivity index (χ1v) is 12.2. The predicted octanol–water partition coefficient (Wildman–Crippen LogP) is 4.24. The number of carbonyl (C=O) groups excluding carboxylic acids is 1. The van der Waals surface area contributed by atoms with Crippen LogP contribution in [0.3, 0.4) is 0 Å². The summed E-state index contributed by atoms with van der Waals surface area (Å²) in [6.07, 6.45) is -0.332. The average Bonchev–Trinajstić information content (AvgIpc) is 3.17. The van der Waals surface area contributed by atoms with Gasteiger partial charge in [0.1, 0.15) is 10.4 Å². The number of nitrogens with zero attached hydrogens (tertiary/aromatic N) is 4. The fourth-order valence-corrected chi connectivity index (χ4v) is 4.89. The van der Waals surface area contributed by atoms with Gasteiger partial charge in [-0.3, -0.25) is 10.0 Å². The van der Waals surface area contributed by atoms with E-state index in [1.807, 2.05) is 0 Å². The van der Waals surface area contributed by atoms with Gasteiger partial charge < -0.3 is 4.74 Å². The molecule has 2 N–H and O–H groups in total. The Bertz CT molecular complexity index is 1240. The van der Waals surface area contributed by atoms with Crippen molar-refractivity contribution in [1.82, 2.24) is 20.0 Å². The molecule has 0 aromatic carbocycles. The van der Waals surface area contributed by atoms with Gasteiger partial charge >= 0.3 is 6.09 Å². The van der Waals surface area contributed by atoms with Gasteiger partial charge in [-0.15, -0.1) is 16.4 Å².